The highest BCUT2D eigenvalue weighted by atomic mass is 16.4. The molecule has 0 unspecified atom stereocenters. The molecule has 0 aromatic heterocycles. The zero-order valence-electron chi connectivity index (χ0n) is 4.38. The first-order chi connectivity index (χ1) is 3.72. The van der Waals surface area contributed by atoms with Crippen molar-refractivity contribution >= 4 is 11.6 Å². The molecular weight excluding hydrogens is 110 g/mol. The van der Waals surface area contributed by atoms with Crippen LogP contribution in [0.5, 0.6) is 0 Å². The standard InChI is InChI=1S/C3H7N3O2/c1-2(6-8)3(7)5-4/h8H,4H2,1H3,(H,5,7)/b6-2-. The van der Waals surface area contributed by atoms with E-state index in [9.17, 15) is 4.79 Å². The van der Waals surface area contributed by atoms with Gasteiger partial charge in [-0.05, 0) is 6.92 Å². The van der Waals surface area contributed by atoms with E-state index in [0.29, 0.717) is 0 Å². The summed E-state index contributed by atoms with van der Waals surface area (Å²) < 4.78 is 0. The topological polar surface area (TPSA) is 87.7 Å². The molecule has 5 heteroatoms. The molecule has 5 nitrogen and oxygen atoms in total. The highest BCUT2D eigenvalue weighted by Gasteiger charge is 2.00. The predicted octanol–water partition coefficient (Wildman–Crippen LogP) is -1.17. The first-order valence-corrected chi connectivity index (χ1v) is 1.92. The van der Waals surface area contributed by atoms with Gasteiger partial charge in [0.15, 0.2) is 0 Å². The number of nitrogens with one attached hydrogen (secondary N) is 1. The molecular formula is C3H7N3O2. The average Bonchev–Trinajstić information content (AvgIpc) is 1.84. The zero-order valence-corrected chi connectivity index (χ0v) is 4.38. The fourth-order valence-electron chi connectivity index (χ4n) is 0.150. The second kappa shape index (κ2) is 2.98. The largest absolute Gasteiger partial charge is 0.410 e. The summed E-state index contributed by atoms with van der Waals surface area (Å²) in [4.78, 5) is 10.2. The third-order valence-corrected chi connectivity index (χ3v) is 0.610. The molecule has 0 aliphatic heterocycles. The highest BCUT2D eigenvalue weighted by molar-refractivity contribution is 6.37. The summed E-state index contributed by atoms with van der Waals surface area (Å²) in [6.07, 6.45) is 0. The number of hydrogen-bond donors (Lipinski definition) is 3. The number of hydrogen-bond acceptors (Lipinski definition) is 4. The van der Waals surface area contributed by atoms with Crippen molar-refractivity contribution in [2.45, 2.75) is 6.92 Å². The lowest BCUT2D eigenvalue weighted by Crippen LogP contribution is -2.34. The van der Waals surface area contributed by atoms with E-state index in [4.69, 9.17) is 5.21 Å². The van der Waals surface area contributed by atoms with Gasteiger partial charge in [0.2, 0.25) is 0 Å². The number of nitrogens with zero attached hydrogens (tertiary/aromatic N) is 1. The molecule has 0 rings (SSSR count). The second-order valence-electron chi connectivity index (χ2n) is 1.16. The fourth-order valence-corrected chi connectivity index (χ4v) is 0.150. The third kappa shape index (κ3) is 1.57. The van der Waals surface area contributed by atoms with Crippen LogP contribution >= 0.6 is 0 Å². The maximum absolute atomic E-state index is 10.2. The maximum Gasteiger partial charge on any atom is 0.282 e. The summed E-state index contributed by atoms with van der Waals surface area (Å²) in [5, 5.41) is 10.5. The molecule has 0 aromatic rings. The van der Waals surface area contributed by atoms with Crippen LogP contribution in [-0.2, 0) is 4.79 Å². The monoisotopic (exact) mass is 117 g/mol. The van der Waals surface area contributed by atoms with Gasteiger partial charge < -0.3 is 5.21 Å². The Hall–Kier alpha value is -1.10. The molecule has 0 bridgehead atoms. The van der Waals surface area contributed by atoms with E-state index in [0.717, 1.165) is 0 Å². The first-order valence-electron chi connectivity index (χ1n) is 1.92. The van der Waals surface area contributed by atoms with E-state index in [1.807, 2.05) is 0 Å². The van der Waals surface area contributed by atoms with E-state index < -0.39 is 5.91 Å². The zero-order chi connectivity index (χ0) is 6.57. The smallest absolute Gasteiger partial charge is 0.282 e. The van der Waals surface area contributed by atoms with E-state index in [1.54, 1.807) is 5.43 Å². The number of rotatable bonds is 1. The van der Waals surface area contributed by atoms with Crippen molar-refractivity contribution in [1.82, 2.24) is 5.43 Å². The van der Waals surface area contributed by atoms with Crippen molar-refractivity contribution in [2.24, 2.45) is 11.0 Å². The van der Waals surface area contributed by atoms with Crippen LogP contribution in [0.4, 0.5) is 0 Å². The molecule has 0 aromatic carbocycles. The second-order valence-corrected chi connectivity index (χ2v) is 1.16. The molecule has 0 aliphatic carbocycles. The van der Waals surface area contributed by atoms with Crippen LogP contribution in [-0.4, -0.2) is 16.8 Å². The van der Waals surface area contributed by atoms with Crippen molar-refractivity contribution in [3.05, 3.63) is 0 Å². The van der Waals surface area contributed by atoms with Crippen LogP contribution in [0.2, 0.25) is 0 Å². The molecule has 0 heterocycles. The SMILES string of the molecule is C/C(=N/O)C(=O)NN. The third-order valence-electron chi connectivity index (χ3n) is 0.610. The minimum atomic E-state index is -0.590. The summed E-state index contributed by atoms with van der Waals surface area (Å²) >= 11 is 0. The number of carbonyl (C=O) groups is 1. The van der Waals surface area contributed by atoms with Crippen molar-refractivity contribution in [3.8, 4) is 0 Å². The van der Waals surface area contributed by atoms with Crippen LogP contribution in [0, 0.1) is 0 Å². The minimum absolute atomic E-state index is 0.0625. The summed E-state index contributed by atoms with van der Waals surface area (Å²) in [5.41, 5.74) is 1.72. The van der Waals surface area contributed by atoms with Gasteiger partial charge in [0.25, 0.3) is 5.91 Å². The molecule has 0 atom stereocenters. The number of hydrazine groups is 1. The van der Waals surface area contributed by atoms with Gasteiger partial charge in [-0.2, -0.15) is 0 Å². The molecule has 46 valence electrons. The van der Waals surface area contributed by atoms with E-state index in [1.165, 1.54) is 6.92 Å². The van der Waals surface area contributed by atoms with Gasteiger partial charge in [0.1, 0.15) is 5.71 Å². The lowest BCUT2D eigenvalue weighted by atomic mass is 10.4. The molecule has 0 saturated carbocycles. The Kier molecular flexibility index (Phi) is 2.57. The molecule has 0 saturated heterocycles. The van der Waals surface area contributed by atoms with Gasteiger partial charge in [-0.15, -0.1) is 0 Å². The number of nitrogens with two attached hydrogens (primary N) is 1. The molecule has 0 fully saturated rings. The van der Waals surface area contributed by atoms with Crippen molar-refractivity contribution in [1.29, 1.82) is 0 Å². The van der Waals surface area contributed by atoms with Gasteiger partial charge in [-0.25, -0.2) is 5.84 Å². The Balaban J connectivity index is 3.83. The Morgan fingerprint density at radius 2 is 2.38 bits per heavy atom. The predicted molar refractivity (Wildman–Crippen MR) is 27.2 cm³/mol. The van der Waals surface area contributed by atoms with Gasteiger partial charge in [-0.3, -0.25) is 10.2 Å². The van der Waals surface area contributed by atoms with Crippen molar-refractivity contribution in [3.63, 3.8) is 0 Å². The first kappa shape index (κ1) is 6.90. The van der Waals surface area contributed by atoms with Crippen LogP contribution in [0.3, 0.4) is 0 Å². The number of carbonyl (C=O) groups excluding carboxylic acids is 1. The van der Waals surface area contributed by atoms with E-state index in [2.05, 4.69) is 11.0 Å². The van der Waals surface area contributed by atoms with Crippen LogP contribution in [0.25, 0.3) is 0 Å². The quantitative estimate of drug-likeness (QED) is 0.133. The lowest BCUT2D eigenvalue weighted by Gasteiger charge is -1.91. The normalized spacial score (nSPS) is 11.0. The van der Waals surface area contributed by atoms with Gasteiger partial charge in [0.05, 0.1) is 0 Å². The molecule has 4 N–H and O–H groups in total. The summed E-state index contributed by atoms with van der Waals surface area (Å²) in [6.45, 7) is 1.34. The van der Waals surface area contributed by atoms with Gasteiger partial charge >= 0.3 is 0 Å². The molecule has 1 amide bonds. The molecule has 8 heavy (non-hydrogen) atoms. The van der Waals surface area contributed by atoms with Crippen molar-refractivity contribution in [2.75, 3.05) is 0 Å². The molecule has 0 spiro atoms. The number of amides is 1. The number of oxime groups is 1. The fraction of sp³-hybridized carbons (Fsp3) is 0.333. The maximum atomic E-state index is 10.2. The van der Waals surface area contributed by atoms with Gasteiger partial charge in [0, 0.05) is 0 Å². The lowest BCUT2D eigenvalue weighted by molar-refractivity contribution is -0.115. The molecule has 0 aliphatic rings. The van der Waals surface area contributed by atoms with E-state index >= 15 is 0 Å². The Labute approximate surface area is 46.1 Å². The Bertz CT molecular complexity index is 120. The molecule has 0 radical (unpaired) electrons. The van der Waals surface area contributed by atoms with Gasteiger partial charge in [-0.1, -0.05) is 5.16 Å². The van der Waals surface area contributed by atoms with Crippen LogP contribution < -0.4 is 11.3 Å². The van der Waals surface area contributed by atoms with Crippen LogP contribution in [0.1, 0.15) is 6.92 Å². The van der Waals surface area contributed by atoms with Crippen molar-refractivity contribution < 1.29 is 10.0 Å². The Morgan fingerprint density at radius 1 is 1.88 bits per heavy atom. The summed E-state index contributed by atoms with van der Waals surface area (Å²) in [7, 11) is 0. The van der Waals surface area contributed by atoms with E-state index in [-0.39, 0.29) is 5.71 Å². The average molecular weight is 117 g/mol. The minimum Gasteiger partial charge on any atom is -0.410 e. The summed E-state index contributed by atoms with van der Waals surface area (Å²) in [5.74, 6) is 4.07. The van der Waals surface area contributed by atoms with Crippen LogP contribution in [0.15, 0.2) is 5.16 Å². The summed E-state index contributed by atoms with van der Waals surface area (Å²) in [6, 6.07) is 0. The highest BCUT2D eigenvalue weighted by Crippen LogP contribution is 1.70. The Morgan fingerprint density at radius 3 is 2.50 bits per heavy atom.